The van der Waals surface area contributed by atoms with E-state index in [2.05, 4.69) is 5.32 Å². The van der Waals surface area contributed by atoms with E-state index in [1.807, 2.05) is 0 Å². The average Bonchev–Trinajstić information content (AvgIpc) is 2.24. The van der Waals surface area contributed by atoms with Gasteiger partial charge in [-0.05, 0) is 26.8 Å². The number of nitrogens with one attached hydrogen (secondary N) is 1. The Bertz CT molecular complexity index is 415. The Kier molecular flexibility index (Phi) is 4.67. The highest BCUT2D eigenvalue weighted by Crippen LogP contribution is 2.17. The van der Waals surface area contributed by atoms with Crippen LogP contribution in [0.25, 0.3) is 0 Å². The summed E-state index contributed by atoms with van der Waals surface area (Å²) in [5.74, 6) is -0.479. The molecule has 0 saturated carbocycles. The summed E-state index contributed by atoms with van der Waals surface area (Å²) in [6.07, 6.45) is -0.690. The van der Waals surface area contributed by atoms with Gasteiger partial charge in [-0.25, -0.2) is 9.18 Å². The minimum absolute atomic E-state index is 0.228. The zero-order chi connectivity index (χ0) is 13.8. The molecule has 0 aromatic heterocycles. The molecule has 1 aromatic carbocycles. The molecule has 1 rings (SSSR count). The lowest BCUT2D eigenvalue weighted by Crippen LogP contribution is -2.36. The van der Waals surface area contributed by atoms with Gasteiger partial charge in [0, 0.05) is 5.56 Å². The molecule has 0 bridgehead atoms. The maximum Gasteiger partial charge on any atom is 0.408 e. The van der Waals surface area contributed by atoms with Crippen LogP contribution in [0.15, 0.2) is 24.3 Å². The lowest BCUT2D eigenvalue weighted by Gasteiger charge is -2.23. The largest absolute Gasteiger partial charge is 0.444 e. The van der Waals surface area contributed by atoms with E-state index in [1.165, 1.54) is 12.1 Å². The van der Waals surface area contributed by atoms with Gasteiger partial charge < -0.3 is 15.2 Å². The molecule has 0 aliphatic carbocycles. The molecular weight excluding hydrogens is 237 g/mol. The number of hydrogen-bond donors (Lipinski definition) is 2. The van der Waals surface area contributed by atoms with Gasteiger partial charge >= 0.3 is 6.09 Å². The first-order chi connectivity index (χ1) is 8.33. The van der Waals surface area contributed by atoms with E-state index in [-0.39, 0.29) is 5.56 Å². The summed E-state index contributed by atoms with van der Waals surface area (Å²) in [6, 6.07) is 5.14. The number of benzene rings is 1. The second-order valence-electron chi connectivity index (χ2n) is 4.90. The van der Waals surface area contributed by atoms with Crippen molar-refractivity contribution < 1.29 is 19.0 Å². The molecule has 5 heteroatoms. The minimum Gasteiger partial charge on any atom is -0.444 e. The summed E-state index contributed by atoms with van der Waals surface area (Å²) in [5, 5.41) is 11.6. The van der Waals surface area contributed by atoms with Crippen molar-refractivity contribution >= 4 is 6.09 Å². The second kappa shape index (κ2) is 5.82. The van der Waals surface area contributed by atoms with Gasteiger partial charge in [-0.15, -0.1) is 0 Å². The first-order valence-electron chi connectivity index (χ1n) is 5.68. The molecule has 1 amide bonds. The highest BCUT2D eigenvalue weighted by Gasteiger charge is 2.21. The van der Waals surface area contributed by atoms with E-state index in [1.54, 1.807) is 32.9 Å². The SMILES string of the molecule is CC(C)(C)OC(=O)N[C@H](CO)c1ccccc1F. The smallest absolute Gasteiger partial charge is 0.408 e. The Hall–Kier alpha value is -1.62. The van der Waals surface area contributed by atoms with Crippen molar-refractivity contribution in [3.8, 4) is 0 Å². The molecule has 18 heavy (non-hydrogen) atoms. The van der Waals surface area contributed by atoms with Crippen LogP contribution >= 0.6 is 0 Å². The summed E-state index contributed by atoms with van der Waals surface area (Å²) in [6.45, 7) is 4.77. The molecule has 0 heterocycles. The van der Waals surface area contributed by atoms with Gasteiger partial charge in [0.1, 0.15) is 11.4 Å². The van der Waals surface area contributed by atoms with E-state index in [9.17, 15) is 14.3 Å². The Balaban J connectivity index is 2.74. The summed E-state index contributed by atoms with van der Waals surface area (Å²) >= 11 is 0. The van der Waals surface area contributed by atoms with Crippen molar-refractivity contribution in [2.75, 3.05) is 6.61 Å². The number of amides is 1. The lowest BCUT2D eigenvalue weighted by molar-refractivity contribution is 0.0480. The molecule has 0 saturated heterocycles. The highest BCUT2D eigenvalue weighted by molar-refractivity contribution is 5.68. The quantitative estimate of drug-likeness (QED) is 0.871. The zero-order valence-electron chi connectivity index (χ0n) is 10.7. The van der Waals surface area contributed by atoms with Crippen molar-refractivity contribution in [1.82, 2.24) is 5.32 Å². The van der Waals surface area contributed by atoms with Crippen molar-refractivity contribution in [2.24, 2.45) is 0 Å². The summed E-state index contributed by atoms with van der Waals surface area (Å²) in [5.41, 5.74) is -0.412. The molecule has 100 valence electrons. The van der Waals surface area contributed by atoms with Crippen LogP contribution in [-0.2, 0) is 4.74 Å². The maximum atomic E-state index is 13.5. The highest BCUT2D eigenvalue weighted by atomic mass is 19.1. The van der Waals surface area contributed by atoms with Crippen LogP contribution in [0.5, 0.6) is 0 Å². The van der Waals surface area contributed by atoms with Gasteiger partial charge in [-0.3, -0.25) is 0 Å². The topological polar surface area (TPSA) is 58.6 Å². The number of hydrogen-bond acceptors (Lipinski definition) is 3. The summed E-state index contributed by atoms with van der Waals surface area (Å²) in [4.78, 5) is 11.5. The van der Waals surface area contributed by atoms with Crippen LogP contribution in [0, 0.1) is 5.82 Å². The number of aliphatic hydroxyl groups excluding tert-OH is 1. The Morgan fingerprint density at radius 1 is 1.44 bits per heavy atom. The van der Waals surface area contributed by atoms with Gasteiger partial charge in [0.05, 0.1) is 12.6 Å². The normalized spacial score (nSPS) is 12.9. The molecule has 0 radical (unpaired) electrons. The fraction of sp³-hybridized carbons (Fsp3) is 0.462. The van der Waals surface area contributed by atoms with E-state index in [0.717, 1.165) is 0 Å². The first kappa shape index (κ1) is 14.4. The standard InChI is InChI=1S/C13H18FNO3/c1-13(2,3)18-12(17)15-11(8-16)9-6-4-5-7-10(9)14/h4-7,11,16H,8H2,1-3H3,(H,15,17)/t11-/m1/s1. The van der Waals surface area contributed by atoms with E-state index >= 15 is 0 Å². The van der Waals surface area contributed by atoms with Gasteiger partial charge in [0.15, 0.2) is 0 Å². The van der Waals surface area contributed by atoms with Crippen LogP contribution < -0.4 is 5.32 Å². The van der Waals surface area contributed by atoms with Crippen LogP contribution in [0.1, 0.15) is 32.4 Å². The number of ether oxygens (including phenoxy) is 1. The second-order valence-corrected chi connectivity index (χ2v) is 4.90. The third-order valence-corrected chi connectivity index (χ3v) is 2.15. The van der Waals surface area contributed by atoms with Gasteiger partial charge in [-0.1, -0.05) is 18.2 Å². The van der Waals surface area contributed by atoms with Crippen LogP contribution in [0.3, 0.4) is 0 Å². The fourth-order valence-electron chi connectivity index (χ4n) is 1.43. The zero-order valence-corrected chi connectivity index (χ0v) is 10.7. The molecule has 1 atom stereocenters. The first-order valence-corrected chi connectivity index (χ1v) is 5.68. The minimum atomic E-state index is -0.818. The Labute approximate surface area is 106 Å². The third-order valence-electron chi connectivity index (χ3n) is 2.15. The van der Waals surface area contributed by atoms with Crippen molar-refractivity contribution in [1.29, 1.82) is 0 Å². The molecule has 0 spiro atoms. The number of aliphatic hydroxyl groups is 1. The van der Waals surface area contributed by atoms with Gasteiger partial charge in [0.2, 0.25) is 0 Å². The van der Waals surface area contributed by atoms with Gasteiger partial charge in [0.25, 0.3) is 0 Å². The van der Waals surface area contributed by atoms with Crippen molar-refractivity contribution in [3.05, 3.63) is 35.6 Å². The molecule has 0 fully saturated rings. The van der Waals surface area contributed by atoms with Crippen LogP contribution in [0.2, 0.25) is 0 Å². The number of alkyl carbamates (subject to hydrolysis) is 1. The Morgan fingerprint density at radius 3 is 2.56 bits per heavy atom. The van der Waals surface area contributed by atoms with Crippen molar-refractivity contribution in [3.63, 3.8) is 0 Å². The average molecular weight is 255 g/mol. The van der Waals surface area contributed by atoms with E-state index in [4.69, 9.17) is 4.74 Å². The number of carbonyl (C=O) groups excluding carboxylic acids is 1. The molecule has 1 aromatic rings. The molecule has 4 nitrogen and oxygen atoms in total. The Morgan fingerprint density at radius 2 is 2.06 bits per heavy atom. The monoisotopic (exact) mass is 255 g/mol. The summed E-state index contributed by atoms with van der Waals surface area (Å²) < 4.78 is 18.6. The molecule has 0 aliphatic rings. The van der Waals surface area contributed by atoms with E-state index < -0.39 is 30.2 Å². The van der Waals surface area contributed by atoms with Crippen LogP contribution in [-0.4, -0.2) is 23.4 Å². The van der Waals surface area contributed by atoms with Crippen LogP contribution in [0.4, 0.5) is 9.18 Å². The number of rotatable bonds is 3. The number of halogens is 1. The molecular formula is C13H18FNO3. The van der Waals surface area contributed by atoms with Gasteiger partial charge in [-0.2, -0.15) is 0 Å². The lowest BCUT2D eigenvalue weighted by atomic mass is 10.1. The summed E-state index contributed by atoms with van der Waals surface area (Å²) in [7, 11) is 0. The predicted molar refractivity (Wildman–Crippen MR) is 65.6 cm³/mol. The predicted octanol–water partition coefficient (Wildman–Crippen LogP) is 2.38. The molecule has 0 unspecified atom stereocenters. The number of carbonyl (C=O) groups is 1. The van der Waals surface area contributed by atoms with E-state index in [0.29, 0.717) is 0 Å². The van der Waals surface area contributed by atoms with Crippen molar-refractivity contribution in [2.45, 2.75) is 32.4 Å². The fourth-order valence-corrected chi connectivity index (χ4v) is 1.43. The maximum absolute atomic E-state index is 13.5. The third kappa shape index (κ3) is 4.33. The molecule has 0 aliphatic heterocycles. The molecule has 2 N–H and O–H groups in total.